The van der Waals surface area contributed by atoms with Crippen LogP contribution in [0.15, 0.2) is 24.3 Å². The average molecular weight is 470 g/mol. The SMILES string of the molecule is COc1c(C)cc(C(c2cc(C)c(OC)c(C)c2)N2C(=O)[C@@H](Cl)[C@H]2C2CCCCC2)cc1C. The summed E-state index contributed by atoms with van der Waals surface area (Å²) in [5.41, 5.74) is 6.50. The minimum absolute atomic E-state index is 0.0366. The summed E-state index contributed by atoms with van der Waals surface area (Å²) in [6.07, 6.45) is 6.01. The molecule has 2 aromatic rings. The Morgan fingerprint density at radius 2 is 1.24 bits per heavy atom. The minimum Gasteiger partial charge on any atom is -0.496 e. The second kappa shape index (κ2) is 9.58. The Morgan fingerprint density at radius 3 is 1.64 bits per heavy atom. The number of hydrogen-bond acceptors (Lipinski definition) is 3. The number of benzene rings is 2. The molecule has 5 heteroatoms. The minimum atomic E-state index is -0.434. The van der Waals surface area contributed by atoms with Crippen LogP contribution in [0.4, 0.5) is 0 Å². The molecule has 2 fully saturated rings. The van der Waals surface area contributed by atoms with E-state index in [-0.39, 0.29) is 18.0 Å². The lowest BCUT2D eigenvalue weighted by Crippen LogP contribution is -2.66. The number of nitrogens with zero attached hydrogens (tertiary/aromatic N) is 1. The van der Waals surface area contributed by atoms with E-state index in [1.807, 2.05) is 0 Å². The van der Waals surface area contributed by atoms with Gasteiger partial charge in [-0.05, 0) is 104 Å². The van der Waals surface area contributed by atoms with Crippen LogP contribution >= 0.6 is 11.6 Å². The molecule has 0 spiro atoms. The molecule has 4 nitrogen and oxygen atoms in total. The van der Waals surface area contributed by atoms with Crippen LogP contribution in [0.5, 0.6) is 11.5 Å². The summed E-state index contributed by atoms with van der Waals surface area (Å²) in [4.78, 5) is 15.4. The lowest BCUT2D eigenvalue weighted by Gasteiger charge is -2.53. The summed E-state index contributed by atoms with van der Waals surface area (Å²) >= 11 is 6.70. The van der Waals surface area contributed by atoms with Gasteiger partial charge in [-0.2, -0.15) is 0 Å². The van der Waals surface area contributed by atoms with Gasteiger partial charge in [-0.3, -0.25) is 4.79 Å². The number of hydrogen-bond donors (Lipinski definition) is 0. The third-order valence-electron chi connectivity index (χ3n) is 7.53. The standard InChI is InChI=1S/C28H36ClNO3/c1-16-12-21(13-17(2)26(16)32-5)24(22-14-18(3)27(33-6)19(4)15-22)30-25(23(29)28(30)31)20-10-8-7-9-11-20/h12-15,20,23-25H,7-11H2,1-6H3/t23-,25+/m0/s1. The first kappa shape index (κ1) is 23.9. The molecule has 1 saturated carbocycles. The van der Waals surface area contributed by atoms with Crippen molar-refractivity contribution in [1.82, 2.24) is 4.90 Å². The predicted octanol–water partition coefficient (Wildman–Crippen LogP) is 6.43. The van der Waals surface area contributed by atoms with Crippen LogP contribution in [0, 0.1) is 33.6 Å². The first-order chi connectivity index (χ1) is 15.8. The van der Waals surface area contributed by atoms with Gasteiger partial charge in [0.25, 0.3) is 0 Å². The van der Waals surface area contributed by atoms with Gasteiger partial charge in [-0.25, -0.2) is 0 Å². The molecule has 178 valence electrons. The van der Waals surface area contributed by atoms with Crippen molar-refractivity contribution >= 4 is 17.5 Å². The van der Waals surface area contributed by atoms with Crippen LogP contribution in [0.2, 0.25) is 0 Å². The second-order valence-corrected chi connectivity index (χ2v) is 10.3. The van der Waals surface area contributed by atoms with Gasteiger partial charge >= 0.3 is 0 Å². The molecular formula is C28H36ClNO3. The van der Waals surface area contributed by atoms with Crippen LogP contribution < -0.4 is 9.47 Å². The molecule has 0 N–H and O–H groups in total. The topological polar surface area (TPSA) is 38.8 Å². The van der Waals surface area contributed by atoms with Crippen molar-refractivity contribution in [3.05, 3.63) is 57.6 Å². The van der Waals surface area contributed by atoms with Gasteiger partial charge in [0, 0.05) is 0 Å². The Balaban J connectivity index is 1.86. The Hall–Kier alpha value is -2.20. The number of methoxy groups -OCH3 is 2. The van der Waals surface area contributed by atoms with Crippen LogP contribution in [0.3, 0.4) is 0 Å². The first-order valence-corrected chi connectivity index (χ1v) is 12.5. The maximum atomic E-state index is 13.3. The van der Waals surface area contributed by atoms with Crippen LogP contribution in [0.25, 0.3) is 0 Å². The van der Waals surface area contributed by atoms with E-state index in [9.17, 15) is 4.79 Å². The number of halogens is 1. The molecule has 1 amide bonds. The van der Waals surface area contributed by atoms with E-state index in [1.54, 1.807) is 14.2 Å². The fourth-order valence-corrected chi connectivity index (χ4v) is 6.62. The van der Waals surface area contributed by atoms with Gasteiger partial charge in [0.05, 0.1) is 26.3 Å². The molecule has 33 heavy (non-hydrogen) atoms. The van der Waals surface area contributed by atoms with Crippen LogP contribution in [0.1, 0.15) is 71.5 Å². The first-order valence-electron chi connectivity index (χ1n) is 12.0. The molecule has 2 aliphatic rings. The van der Waals surface area contributed by atoms with Crippen molar-refractivity contribution in [3.63, 3.8) is 0 Å². The number of aryl methyl sites for hydroxylation is 4. The summed E-state index contributed by atoms with van der Waals surface area (Å²) in [6.45, 7) is 8.27. The summed E-state index contributed by atoms with van der Waals surface area (Å²) in [7, 11) is 3.41. The molecule has 1 aliphatic carbocycles. The molecule has 2 aromatic carbocycles. The zero-order chi connectivity index (χ0) is 23.9. The van der Waals surface area contributed by atoms with Crippen molar-refractivity contribution in [2.45, 2.75) is 77.3 Å². The van der Waals surface area contributed by atoms with Gasteiger partial charge in [0.2, 0.25) is 5.91 Å². The number of carbonyl (C=O) groups is 1. The van der Waals surface area contributed by atoms with E-state index in [4.69, 9.17) is 21.1 Å². The lowest BCUT2D eigenvalue weighted by atomic mass is 9.76. The highest BCUT2D eigenvalue weighted by Gasteiger charge is 2.53. The Morgan fingerprint density at radius 1 is 0.818 bits per heavy atom. The zero-order valence-electron chi connectivity index (χ0n) is 20.7. The van der Waals surface area contributed by atoms with Gasteiger partial charge in [-0.15, -0.1) is 11.6 Å². The highest BCUT2D eigenvalue weighted by molar-refractivity contribution is 6.33. The summed E-state index contributed by atoms with van der Waals surface area (Å²) < 4.78 is 11.2. The Kier molecular flexibility index (Phi) is 6.95. The van der Waals surface area contributed by atoms with E-state index in [0.717, 1.165) is 57.7 Å². The van der Waals surface area contributed by atoms with Gasteiger partial charge < -0.3 is 14.4 Å². The smallest absolute Gasteiger partial charge is 0.243 e. The van der Waals surface area contributed by atoms with Crippen LogP contribution in [-0.4, -0.2) is 36.4 Å². The van der Waals surface area contributed by atoms with Crippen molar-refractivity contribution < 1.29 is 14.3 Å². The average Bonchev–Trinajstić information content (AvgIpc) is 2.79. The van der Waals surface area contributed by atoms with Gasteiger partial charge in [-0.1, -0.05) is 19.3 Å². The summed E-state index contributed by atoms with van der Waals surface area (Å²) in [5.74, 6) is 2.29. The molecule has 0 bridgehead atoms. The number of likely N-dealkylation sites (tertiary alicyclic amines) is 1. The molecule has 0 aromatic heterocycles. The van der Waals surface area contributed by atoms with Crippen molar-refractivity contribution in [3.8, 4) is 11.5 Å². The molecule has 1 saturated heterocycles. The normalized spacial score (nSPS) is 21.3. The van der Waals surface area contributed by atoms with E-state index in [2.05, 4.69) is 56.9 Å². The Bertz CT molecular complexity index is 938. The maximum Gasteiger partial charge on any atom is 0.243 e. The highest BCUT2D eigenvalue weighted by Crippen LogP contribution is 2.46. The summed E-state index contributed by atoms with van der Waals surface area (Å²) in [6, 6.07) is 8.54. The lowest BCUT2D eigenvalue weighted by molar-refractivity contribution is -0.152. The van der Waals surface area contributed by atoms with E-state index < -0.39 is 5.38 Å². The molecule has 0 radical (unpaired) electrons. The molecule has 1 heterocycles. The number of β-lactam (4-membered cyclic amide) rings is 1. The second-order valence-electron chi connectivity index (χ2n) is 9.81. The van der Waals surface area contributed by atoms with E-state index in [0.29, 0.717) is 5.92 Å². The number of ether oxygens (including phenoxy) is 2. The largest absolute Gasteiger partial charge is 0.496 e. The number of alkyl halides is 1. The fourth-order valence-electron chi connectivity index (χ4n) is 6.18. The third-order valence-corrected chi connectivity index (χ3v) is 7.97. The van der Waals surface area contributed by atoms with Gasteiger partial charge in [0.1, 0.15) is 16.9 Å². The molecular weight excluding hydrogens is 434 g/mol. The maximum absolute atomic E-state index is 13.3. The molecule has 4 rings (SSSR count). The van der Waals surface area contributed by atoms with E-state index >= 15 is 0 Å². The molecule has 1 aliphatic heterocycles. The fraction of sp³-hybridized carbons (Fsp3) is 0.536. The van der Waals surface area contributed by atoms with Crippen molar-refractivity contribution in [1.29, 1.82) is 0 Å². The third kappa shape index (κ3) is 4.23. The highest BCUT2D eigenvalue weighted by atomic mass is 35.5. The molecule has 2 atom stereocenters. The predicted molar refractivity (Wildman–Crippen MR) is 134 cm³/mol. The number of carbonyl (C=O) groups excluding carboxylic acids is 1. The van der Waals surface area contributed by atoms with E-state index in [1.165, 1.54) is 19.3 Å². The quantitative estimate of drug-likeness (QED) is 0.361. The number of rotatable bonds is 6. The monoisotopic (exact) mass is 469 g/mol. The zero-order valence-corrected chi connectivity index (χ0v) is 21.5. The van der Waals surface area contributed by atoms with Crippen molar-refractivity contribution in [2.75, 3.05) is 14.2 Å². The van der Waals surface area contributed by atoms with Crippen LogP contribution in [-0.2, 0) is 4.79 Å². The molecule has 0 unspecified atom stereocenters. The summed E-state index contributed by atoms with van der Waals surface area (Å²) in [5, 5.41) is -0.434. The Labute approximate surface area is 203 Å². The van der Waals surface area contributed by atoms with Crippen molar-refractivity contribution in [2.24, 2.45) is 5.92 Å². The van der Waals surface area contributed by atoms with Gasteiger partial charge in [0.15, 0.2) is 0 Å². The number of amides is 1.